The number of hydrogen-bond acceptors (Lipinski definition) is 1. The molecule has 80 valence electrons. The molecule has 0 aromatic heterocycles. The molecule has 2 rings (SSSR count). The van der Waals surface area contributed by atoms with E-state index in [2.05, 4.69) is 29.3 Å². The molecule has 1 saturated carbocycles. The zero-order chi connectivity index (χ0) is 10.7. The Labute approximate surface area is 91.2 Å². The number of nitrogens with two attached hydrogens (primary N) is 1. The summed E-state index contributed by atoms with van der Waals surface area (Å²) in [6, 6.07) is 10.6. The summed E-state index contributed by atoms with van der Waals surface area (Å²) in [7, 11) is 1.79. The van der Waals surface area contributed by atoms with Crippen LogP contribution < -0.4 is 5.73 Å². The first-order valence-corrected chi connectivity index (χ1v) is 5.58. The molecule has 0 amide bonds. The molecule has 1 aliphatic rings. The SMILES string of the molecule is CN=C(N)C1(c2ccccc2)CCCC1. The van der Waals surface area contributed by atoms with Crippen molar-refractivity contribution in [3.05, 3.63) is 35.9 Å². The zero-order valence-corrected chi connectivity index (χ0v) is 9.24. The molecule has 2 heteroatoms. The molecule has 0 aliphatic heterocycles. The molecule has 0 radical (unpaired) electrons. The van der Waals surface area contributed by atoms with Crippen molar-refractivity contribution in [2.75, 3.05) is 7.05 Å². The average molecular weight is 202 g/mol. The van der Waals surface area contributed by atoms with Crippen molar-refractivity contribution < 1.29 is 0 Å². The highest BCUT2D eigenvalue weighted by molar-refractivity contribution is 5.92. The first-order valence-electron chi connectivity index (χ1n) is 5.58. The molecule has 0 bridgehead atoms. The van der Waals surface area contributed by atoms with Gasteiger partial charge in [-0.05, 0) is 18.4 Å². The molecule has 0 heterocycles. The number of benzene rings is 1. The van der Waals surface area contributed by atoms with Gasteiger partial charge in [0.1, 0.15) is 5.84 Å². The van der Waals surface area contributed by atoms with Gasteiger partial charge in [0.25, 0.3) is 0 Å². The van der Waals surface area contributed by atoms with Crippen molar-refractivity contribution in [1.29, 1.82) is 0 Å². The smallest absolute Gasteiger partial charge is 0.104 e. The Bertz CT molecular complexity index is 348. The zero-order valence-electron chi connectivity index (χ0n) is 9.24. The Kier molecular flexibility index (Phi) is 2.76. The number of rotatable bonds is 2. The topological polar surface area (TPSA) is 38.4 Å². The molecule has 0 spiro atoms. The lowest BCUT2D eigenvalue weighted by Crippen LogP contribution is -2.38. The molecule has 2 N–H and O–H groups in total. The quantitative estimate of drug-likeness (QED) is 0.580. The lowest BCUT2D eigenvalue weighted by molar-refractivity contribution is 0.592. The second-order valence-electron chi connectivity index (χ2n) is 4.26. The summed E-state index contributed by atoms with van der Waals surface area (Å²) in [5, 5.41) is 0. The maximum absolute atomic E-state index is 6.10. The van der Waals surface area contributed by atoms with Crippen LogP contribution in [0.5, 0.6) is 0 Å². The predicted octanol–water partition coefficient (Wildman–Crippen LogP) is 2.49. The fraction of sp³-hybridized carbons (Fsp3) is 0.462. The van der Waals surface area contributed by atoms with Crippen molar-refractivity contribution in [2.24, 2.45) is 10.7 Å². The highest BCUT2D eigenvalue weighted by Gasteiger charge is 2.38. The standard InChI is InChI=1S/C13H18N2/c1-15-12(14)13(9-5-6-10-13)11-7-3-2-4-8-11/h2-4,7-8H,5-6,9-10H2,1H3,(H2,14,15). The molecule has 0 unspecified atom stereocenters. The van der Waals surface area contributed by atoms with Crippen LogP contribution in [-0.2, 0) is 5.41 Å². The minimum absolute atomic E-state index is 0.0238. The van der Waals surface area contributed by atoms with Gasteiger partial charge in [-0.15, -0.1) is 0 Å². The van der Waals surface area contributed by atoms with Crippen LogP contribution >= 0.6 is 0 Å². The molecule has 2 nitrogen and oxygen atoms in total. The minimum atomic E-state index is 0.0238. The highest BCUT2D eigenvalue weighted by atomic mass is 14.9. The predicted molar refractivity (Wildman–Crippen MR) is 64.1 cm³/mol. The van der Waals surface area contributed by atoms with E-state index >= 15 is 0 Å². The van der Waals surface area contributed by atoms with E-state index in [4.69, 9.17) is 5.73 Å². The second kappa shape index (κ2) is 4.05. The van der Waals surface area contributed by atoms with Crippen molar-refractivity contribution in [2.45, 2.75) is 31.1 Å². The Morgan fingerprint density at radius 3 is 2.33 bits per heavy atom. The first-order chi connectivity index (χ1) is 7.29. The largest absolute Gasteiger partial charge is 0.387 e. The Hall–Kier alpha value is -1.31. The minimum Gasteiger partial charge on any atom is -0.387 e. The Balaban J connectivity index is 2.44. The van der Waals surface area contributed by atoms with Crippen molar-refractivity contribution in [3.63, 3.8) is 0 Å². The van der Waals surface area contributed by atoms with E-state index in [1.807, 2.05) is 6.07 Å². The van der Waals surface area contributed by atoms with Crippen LogP contribution in [0.2, 0.25) is 0 Å². The lowest BCUT2D eigenvalue weighted by atomic mass is 9.78. The van der Waals surface area contributed by atoms with Crippen molar-refractivity contribution in [3.8, 4) is 0 Å². The number of aliphatic imine (C=N–C) groups is 1. The van der Waals surface area contributed by atoms with Crippen molar-refractivity contribution in [1.82, 2.24) is 0 Å². The van der Waals surface area contributed by atoms with Crippen LogP contribution in [0.25, 0.3) is 0 Å². The van der Waals surface area contributed by atoms with Gasteiger partial charge in [-0.25, -0.2) is 0 Å². The summed E-state index contributed by atoms with van der Waals surface area (Å²) in [5.74, 6) is 0.797. The van der Waals surface area contributed by atoms with E-state index in [0.717, 1.165) is 18.7 Å². The maximum atomic E-state index is 6.10. The number of amidine groups is 1. The van der Waals surface area contributed by atoms with Crippen LogP contribution in [0.4, 0.5) is 0 Å². The molecule has 15 heavy (non-hydrogen) atoms. The van der Waals surface area contributed by atoms with E-state index in [1.54, 1.807) is 7.05 Å². The van der Waals surface area contributed by atoms with Gasteiger partial charge in [-0.3, -0.25) is 4.99 Å². The van der Waals surface area contributed by atoms with Gasteiger partial charge in [-0.2, -0.15) is 0 Å². The van der Waals surface area contributed by atoms with E-state index in [0.29, 0.717) is 0 Å². The summed E-state index contributed by atoms with van der Waals surface area (Å²) >= 11 is 0. The number of hydrogen-bond donors (Lipinski definition) is 1. The van der Waals surface area contributed by atoms with Gasteiger partial charge in [0.05, 0.1) is 5.41 Å². The Morgan fingerprint density at radius 2 is 1.80 bits per heavy atom. The normalized spacial score (nSPS) is 20.5. The molecular weight excluding hydrogens is 184 g/mol. The summed E-state index contributed by atoms with van der Waals surface area (Å²) in [6.07, 6.45) is 4.79. The summed E-state index contributed by atoms with van der Waals surface area (Å²) in [4.78, 5) is 4.21. The van der Waals surface area contributed by atoms with Crippen LogP contribution in [0.3, 0.4) is 0 Å². The van der Waals surface area contributed by atoms with Gasteiger partial charge < -0.3 is 5.73 Å². The van der Waals surface area contributed by atoms with Crippen LogP contribution in [-0.4, -0.2) is 12.9 Å². The third-order valence-corrected chi connectivity index (χ3v) is 3.51. The van der Waals surface area contributed by atoms with E-state index < -0.39 is 0 Å². The fourth-order valence-electron chi connectivity index (χ4n) is 2.64. The average Bonchev–Trinajstić information content (AvgIpc) is 2.79. The summed E-state index contributed by atoms with van der Waals surface area (Å²) in [6.45, 7) is 0. The molecule has 1 aromatic carbocycles. The van der Waals surface area contributed by atoms with Gasteiger partial charge in [0.2, 0.25) is 0 Å². The van der Waals surface area contributed by atoms with E-state index in [-0.39, 0.29) is 5.41 Å². The fourth-order valence-corrected chi connectivity index (χ4v) is 2.64. The van der Waals surface area contributed by atoms with E-state index in [1.165, 1.54) is 18.4 Å². The second-order valence-corrected chi connectivity index (χ2v) is 4.26. The molecule has 0 atom stereocenters. The lowest BCUT2D eigenvalue weighted by Gasteiger charge is -2.28. The van der Waals surface area contributed by atoms with Crippen molar-refractivity contribution >= 4 is 5.84 Å². The monoisotopic (exact) mass is 202 g/mol. The maximum Gasteiger partial charge on any atom is 0.104 e. The molecule has 1 fully saturated rings. The van der Waals surface area contributed by atoms with Gasteiger partial charge in [0.15, 0.2) is 0 Å². The molecular formula is C13H18N2. The highest BCUT2D eigenvalue weighted by Crippen LogP contribution is 2.41. The van der Waals surface area contributed by atoms with Gasteiger partial charge in [0, 0.05) is 7.05 Å². The van der Waals surface area contributed by atoms with Crippen LogP contribution in [0.15, 0.2) is 35.3 Å². The van der Waals surface area contributed by atoms with Gasteiger partial charge >= 0.3 is 0 Å². The van der Waals surface area contributed by atoms with Gasteiger partial charge in [-0.1, -0.05) is 43.2 Å². The molecule has 0 saturated heterocycles. The molecule has 1 aromatic rings. The third-order valence-electron chi connectivity index (χ3n) is 3.51. The van der Waals surface area contributed by atoms with Crippen LogP contribution in [0, 0.1) is 0 Å². The summed E-state index contributed by atoms with van der Waals surface area (Å²) in [5.41, 5.74) is 7.44. The number of nitrogens with zero attached hydrogens (tertiary/aromatic N) is 1. The van der Waals surface area contributed by atoms with E-state index in [9.17, 15) is 0 Å². The molecule has 1 aliphatic carbocycles. The first kappa shape index (κ1) is 10.2. The van der Waals surface area contributed by atoms with Crippen LogP contribution in [0.1, 0.15) is 31.2 Å². The Morgan fingerprint density at radius 1 is 1.20 bits per heavy atom. The third kappa shape index (κ3) is 1.65. The summed E-state index contributed by atoms with van der Waals surface area (Å²) < 4.78 is 0.